The van der Waals surface area contributed by atoms with Gasteiger partial charge in [0, 0.05) is 19.7 Å². The van der Waals surface area contributed by atoms with Gasteiger partial charge in [-0.3, -0.25) is 4.79 Å². The van der Waals surface area contributed by atoms with Crippen LogP contribution in [0, 0.1) is 5.92 Å². The van der Waals surface area contributed by atoms with Crippen molar-refractivity contribution in [3.05, 3.63) is 0 Å². The molecule has 18 heavy (non-hydrogen) atoms. The van der Waals surface area contributed by atoms with Crippen LogP contribution in [-0.2, 0) is 9.53 Å². The second-order valence-corrected chi connectivity index (χ2v) is 5.50. The van der Waals surface area contributed by atoms with Crippen LogP contribution in [0.1, 0.15) is 52.4 Å². The van der Waals surface area contributed by atoms with Crippen LogP contribution < -0.4 is 11.1 Å². The molecule has 0 radical (unpaired) electrons. The number of ether oxygens (including phenoxy) is 1. The first-order chi connectivity index (χ1) is 8.57. The molecule has 0 heterocycles. The van der Waals surface area contributed by atoms with Gasteiger partial charge in [0.1, 0.15) is 5.60 Å². The van der Waals surface area contributed by atoms with Crippen LogP contribution in [0.15, 0.2) is 0 Å². The summed E-state index contributed by atoms with van der Waals surface area (Å²) in [5.41, 5.74) is 5.09. The van der Waals surface area contributed by atoms with Crippen molar-refractivity contribution in [2.24, 2.45) is 11.7 Å². The molecule has 1 amide bonds. The Kier molecular flexibility index (Phi) is 6.09. The van der Waals surface area contributed by atoms with Gasteiger partial charge in [-0.15, -0.1) is 0 Å². The fourth-order valence-electron chi connectivity index (χ4n) is 2.62. The van der Waals surface area contributed by atoms with Gasteiger partial charge in [0.2, 0.25) is 0 Å². The lowest BCUT2D eigenvalue weighted by atomic mass is 9.83. The van der Waals surface area contributed by atoms with Crippen LogP contribution >= 0.6 is 0 Å². The standard InChI is InChI=1S/C14H28N2O2/c1-4-14(2,18-3)13(17)16-12(10-15)11-8-6-5-7-9-11/h11-12H,4-10,15H2,1-3H3,(H,16,17). The summed E-state index contributed by atoms with van der Waals surface area (Å²) < 4.78 is 5.33. The van der Waals surface area contributed by atoms with E-state index in [-0.39, 0.29) is 11.9 Å². The van der Waals surface area contributed by atoms with Crippen LogP contribution in [0.25, 0.3) is 0 Å². The van der Waals surface area contributed by atoms with Crippen molar-refractivity contribution < 1.29 is 9.53 Å². The first-order valence-corrected chi connectivity index (χ1v) is 7.13. The van der Waals surface area contributed by atoms with Gasteiger partial charge in [0.15, 0.2) is 0 Å². The lowest BCUT2D eigenvalue weighted by Gasteiger charge is -2.33. The minimum Gasteiger partial charge on any atom is -0.369 e. The molecule has 0 aromatic rings. The molecule has 4 heteroatoms. The molecule has 3 N–H and O–H groups in total. The van der Waals surface area contributed by atoms with Crippen molar-refractivity contribution in [2.75, 3.05) is 13.7 Å². The lowest BCUT2D eigenvalue weighted by Crippen LogP contribution is -2.53. The van der Waals surface area contributed by atoms with Crippen LogP contribution in [0.4, 0.5) is 0 Å². The second kappa shape index (κ2) is 7.10. The zero-order valence-corrected chi connectivity index (χ0v) is 12.0. The Bertz CT molecular complexity index is 259. The summed E-state index contributed by atoms with van der Waals surface area (Å²) >= 11 is 0. The molecular formula is C14H28N2O2. The Morgan fingerprint density at radius 2 is 2.06 bits per heavy atom. The van der Waals surface area contributed by atoms with E-state index in [1.54, 1.807) is 7.11 Å². The van der Waals surface area contributed by atoms with E-state index in [4.69, 9.17) is 10.5 Å². The number of hydrogen-bond acceptors (Lipinski definition) is 3. The van der Waals surface area contributed by atoms with E-state index in [0.29, 0.717) is 18.9 Å². The number of methoxy groups -OCH3 is 1. The topological polar surface area (TPSA) is 64.3 Å². The Balaban J connectivity index is 2.59. The van der Waals surface area contributed by atoms with E-state index in [0.717, 1.165) is 0 Å². The lowest BCUT2D eigenvalue weighted by molar-refractivity contribution is -0.143. The van der Waals surface area contributed by atoms with Crippen molar-refractivity contribution in [3.8, 4) is 0 Å². The highest BCUT2D eigenvalue weighted by atomic mass is 16.5. The van der Waals surface area contributed by atoms with Gasteiger partial charge in [-0.1, -0.05) is 26.2 Å². The van der Waals surface area contributed by atoms with Gasteiger partial charge in [0.25, 0.3) is 5.91 Å². The summed E-state index contributed by atoms with van der Waals surface area (Å²) in [6.45, 7) is 4.30. The van der Waals surface area contributed by atoms with Crippen LogP contribution in [0.2, 0.25) is 0 Å². The molecule has 1 aliphatic carbocycles. The first kappa shape index (κ1) is 15.4. The number of nitrogens with one attached hydrogen (secondary N) is 1. The summed E-state index contributed by atoms with van der Waals surface area (Å²) in [4.78, 5) is 12.2. The Morgan fingerprint density at radius 3 is 2.50 bits per heavy atom. The maximum atomic E-state index is 12.2. The third-order valence-corrected chi connectivity index (χ3v) is 4.39. The highest BCUT2D eigenvalue weighted by Crippen LogP contribution is 2.26. The maximum absolute atomic E-state index is 12.2. The van der Waals surface area contributed by atoms with E-state index in [1.165, 1.54) is 32.1 Å². The van der Waals surface area contributed by atoms with Crippen molar-refractivity contribution in [2.45, 2.75) is 64.0 Å². The molecule has 1 aliphatic rings. The SMILES string of the molecule is CCC(C)(OC)C(=O)NC(CN)C1CCCCC1. The fraction of sp³-hybridized carbons (Fsp3) is 0.929. The third kappa shape index (κ3) is 3.69. The normalized spacial score (nSPS) is 22.2. The average molecular weight is 256 g/mol. The Hall–Kier alpha value is -0.610. The largest absolute Gasteiger partial charge is 0.369 e. The van der Waals surface area contributed by atoms with Crippen molar-refractivity contribution >= 4 is 5.91 Å². The zero-order valence-electron chi connectivity index (χ0n) is 12.0. The zero-order chi connectivity index (χ0) is 13.6. The second-order valence-electron chi connectivity index (χ2n) is 5.50. The van der Waals surface area contributed by atoms with Gasteiger partial charge in [-0.25, -0.2) is 0 Å². The summed E-state index contributed by atoms with van der Waals surface area (Å²) in [7, 11) is 1.58. The molecule has 0 aromatic heterocycles. The number of nitrogens with two attached hydrogens (primary N) is 1. The van der Waals surface area contributed by atoms with E-state index >= 15 is 0 Å². The molecule has 0 spiro atoms. The number of carbonyl (C=O) groups excluding carboxylic acids is 1. The molecule has 106 valence electrons. The van der Waals surface area contributed by atoms with Crippen LogP contribution in [0.5, 0.6) is 0 Å². The predicted octanol–water partition coefficient (Wildman–Crippen LogP) is 1.83. The van der Waals surface area contributed by atoms with Crippen LogP contribution in [0.3, 0.4) is 0 Å². The molecule has 1 rings (SSSR count). The Labute approximate surface area is 111 Å². The quantitative estimate of drug-likeness (QED) is 0.762. The highest BCUT2D eigenvalue weighted by Gasteiger charge is 2.34. The van der Waals surface area contributed by atoms with Gasteiger partial charge in [-0.05, 0) is 32.1 Å². The maximum Gasteiger partial charge on any atom is 0.252 e. The number of amides is 1. The molecule has 1 saturated carbocycles. The Morgan fingerprint density at radius 1 is 1.44 bits per heavy atom. The van der Waals surface area contributed by atoms with Gasteiger partial charge < -0.3 is 15.8 Å². The van der Waals surface area contributed by atoms with E-state index in [2.05, 4.69) is 5.32 Å². The molecular weight excluding hydrogens is 228 g/mol. The van der Waals surface area contributed by atoms with E-state index in [1.807, 2.05) is 13.8 Å². The third-order valence-electron chi connectivity index (χ3n) is 4.39. The smallest absolute Gasteiger partial charge is 0.252 e. The summed E-state index contributed by atoms with van der Waals surface area (Å²) in [6.07, 6.45) is 6.85. The van der Waals surface area contributed by atoms with Gasteiger partial charge in [-0.2, -0.15) is 0 Å². The minimum atomic E-state index is -0.734. The molecule has 0 bridgehead atoms. The number of rotatable bonds is 6. The molecule has 0 saturated heterocycles. The molecule has 0 aromatic carbocycles. The van der Waals surface area contributed by atoms with Crippen molar-refractivity contribution in [1.82, 2.24) is 5.32 Å². The fourth-order valence-corrected chi connectivity index (χ4v) is 2.62. The van der Waals surface area contributed by atoms with E-state index in [9.17, 15) is 4.79 Å². The average Bonchev–Trinajstić information content (AvgIpc) is 2.44. The van der Waals surface area contributed by atoms with Crippen LogP contribution in [-0.4, -0.2) is 31.2 Å². The summed E-state index contributed by atoms with van der Waals surface area (Å²) in [5, 5.41) is 3.09. The molecule has 2 atom stereocenters. The molecule has 4 nitrogen and oxygen atoms in total. The highest BCUT2D eigenvalue weighted by molar-refractivity contribution is 5.85. The van der Waals surface area contributed by atoms with Gasteiger partial charge in [0.05, 0.1) is 0 Å². The van der Waals surface area contributed by atoms with Crippen molar-refractivity contribution in [1.29, 1.82) is 0 Å². The van der Waals surface area contributed by atoms with Crippen molar-refractivity contribution in [3.63, 3.8) is 0 Å². The molecule has 0 aliphatic heterocycles. The monoisotopic (exact) mass is 256 g/mol. The van der Waals surface area contributed by atoms with Gasteiger partial charge >= 0.3 is 0 Å². The van der Waals surface area contributed by atoms with E-state index < -0.39 is 5.60 Å². The molecule has 2 unspecified atom stereocenters. The summed E-state index contributed by atoms with van der Waals surface area (Å²) in [6, 6.07) is 0.0961. The minimum absolute atomic E-state index is 0.0338. The predicted molar refractivity (Wildman–Crippen MR) is 73.3 cm³/mol. The number of carbonyl (C=O) groups is 1. The summed E-state index contributed by atoms with van der Waals surface area (Å²) in [5.74, 6) is 0.499. The first-order valence-electron chi connectivity index (χ1n) is 7.13. The molecule has 1 fully saturated rings. The number of hydrogen-bond donors (Lipinski definition) is 2.